The van der Waals surface area contributed by atoms with Gasteiger partial charge in [-0.15, -0.1) is 0 Å². The Kier molecular flexibility index (Phi) is 2.39. The van der Waals surface area contributed by atoms with E-state index < -0.39 is 0 Å². The Hall–Kier alpha value is -1.48. The van der Waals surface area contributed by atoms with E-state index in [-0.39, 0.29) is 0 Å². The molecule has 2 N–H and O–H groups in total. The van der Waals surface area contributed by atoms with Crippen LogP contribution >= 0.6 is 11.6 Å². The van der Waals surface area contributed by atoms with E-state index in [1.165, 1.54) is 31.5 Å². The number of aromatic nitrogens is 2. The van der Waals surface area contributed by atoms with Crippen molar-refractivity contribution in [3.05, 3.63) is 35.1 Å². The quantitative estimate of drug-likeness (QED) is 0.919. The van der Waals surface area contributed by atoms with E-state index in [0.717, 1.165) is 22.1 Å². The first-order valence-corrected chi connectivity index (χ1v) is 7.25. The fourth-order valence-corrected chi connectivity index (χ4v) is 2.76. The molecule has 2 saturated carbocycles. The number of nitrogen functional groups attached to an aromatic ring is 1. The van der Waals surface area contributed by atoms with E-state index in [1.807, 2.05) is 24.3 Å². The summed E-state index contributed by atoms with van der Waals surface area (Å²) in [4.78, 5) is 4.83. The van der Waals surface area contributed by atoms with Crippen LogP contribution in [0.4, 0.5) is 5.82 Å². The first-order valence-electron chi connectivity index (χ1n) is 6.87. The van der Waals surface area contributed by atoms with Crippen molar-refractivity contribution in [2.24, 2.45) is 0 Å². The number of hydrogen-bond donors (Lipinski definition) is 1. The average Bonchev–Trinajstić information content (AvgIpc) is 3.30. The third-order valence-electron chi connectivity index (χ3n) is 3.95. The number of imidazole rings is 1. The molecule has 1 aromatic carbocycles. The Labute approximate surface area is 117 Å². The summed E-state index contributed by atoms with van der Waals surface area (Å²) in [6.45, 7) is 0. The first kappa shape index (κ1) is 11.4. The highest BCUT2D eigenvalue weighted by atomic mass is 35.5. The predicted octanol–water partition coefficient (Wildman–Crippen LogP) is 4.00. The Morgan fingerprint density at radius 1 is 1.11 bits per heavy atom. The molecule has 3 nitrogen and oxygen atoms in total. The van der Waals surface area contributed by atoms with Crippen molar-refractivity contribution in [2.75, 3.05) is 5.73 Å². The van der Waals surface area contributed by atoms with Crippen LogP contribution in [0.2, 0.25) is 5.02 Å². The third kappa shape index (κ3) is 1.93. The molecule has 19 heavy (non-hydrogen) atoms. The van der Waals surface area contributed by atoms with Crippen molar-refractivity contribution < 1.29 is 0 Å². The lowest BCUT2D eigenvalue weighted by molar-refractivity contribution is 0.691. The second kappa shape index (κ2) is 4.01. The zero-order valence-electron chi connectivity index (χ0n) is 10.6. The van der Waals surface area contributed by atoms with Crippen molar-refractivity contribution in [1.82, 2.24) is 9.55 Å². The SMILES string of the molecule is Nc1c(-c2ccc(Cl)cc2)nc(C2CC2)n1C1CC1. The highest BCUT2D eigenvalue weighted by molar-refractivity contribution is 6.30. The molecule has 1 aromatic heterocycles. The normalized spacial score (nSPS) is 18.8. The molecule has 0 amide bonds. The predicted molar refractivity (Wildman–Crippen MR) is 77.3 cm³/mol. The van der Waals surface area contributed by atoms with Crippen LogP contribution in [0.25, 0.3) is 11.3 Å². The number of hydrogen-bond acceptors (Lipinski definition) is 2. The molecule has 0 atom stereocenters. The zero-order chi connectivity index (χ0) is 13.0. The molecule has 4 rings (SSSR count). The number of nitrogens with zero attached hydrogens (tertiary/aromatic N) is 2. The minimum atomic E-state index is 0.587. The molecule has 2 aliphatic carbocycles. The molecule has 0 saturated heterocycles. The summed E-state index contributed by atoms with van der Waals surface area (Å²) >= 11 is 5.94. The number of benzene rings is 1. The van der Waals surface area contributed by atoms with Crippen molar-refractivity contribution >= 4 is 17.4 Å². The second-order valence-corrected chi connectivity index (χ2v) is 6.02. The van der Waals surface area contributed by atoms with Gasteiger partial charge in [0, 0.05) is 22.5 Å². The van der Waals surface area contributed by atoms with Crippen molar-refractivity contribution in [2.45, 2.75) is 37.6 Å². The van der Waals surface area contributed by atoms with Gasteiger partial charge in [0.1, 0.15) is 17.3 Å². The summed E-state index contributed by atoms with van der Waals surface area (Å²) in [6.07, 6.45) is 4.98. The van der Waals surface area contributed by atoms with Gasteiger partial charge in [-0.2, -0.15) is 0 Å². The summed E-state index contributed by atoms with van der Waals surface area (Å²) < 4.78 is 2.28. The average molecular weight is 274 g/mol. The minimum absolute atomic E-state index is 0.587. The lowest BCUT2D eigenvalue weighted by Crippen LogP contribution is -2.04. The summed E-state index contributed by atoms with van der Waals surface area (Å²) in [5, 5.41) is 0.742. The fraction of sp³-hybridized carbons (Fsp3) is 0.400. The molecular weight excluding hydrogens is 258 g/mol. The molecule has 0 unspecified atom stereocenters. The summed E-state index contributed by atoms with van der Waals surface area (Å²) in [6, 6.07) is 8.36. The molecule has 0 radical (unpaired) electrons. The van der Waals surface area contributed by atoms with Crippen LogP contribution in [-0.4, -0.2) is 9.55 Å². The number of halogens is 1. The molecule has 2 fully saturated rings. The minimum Gasteiger partial charge on any atom is -0.383 e. The van der Waals surface area contributed by atoms with Crippen molar-refractivity contribution in [3.63, 3.8) is 0 Å². The maximum atomic E-state index is 6.35. The van der Waals surface area contributed by atoms with Gasteiger partial charge in [0.15, 0.2) is 0 Å². The molecule has 1 heterocycles. The molecule has 98 valence electrons. The molecule has 4 heteroatoms. The van der Waals surface area contributed by atoms with Crippen LogP contribution in [0.3, 0.4) is 0 Å². The lowest BCUT2D eigenvalue weighted by atomic mass is 10.1. The largest absolute Gasteiger partial charge is 0.383 e. The standard InChI is InChI=1S/C15H16ClN3/c16-11-5-3-9(4-6-11)13-14(17)19(12-7-8-12)15(18-13)10-1-2-10/h3-6,10,12H,1-2,7-8,17H2. The number of nitrogens with two attached hydrogens (primary N) is 1. The summed E-state index contributed by atoms with van der Waals surface area (Å²) in [5.74, 6) is 2.65. The number of anilines is 1. The van der Waals surface area contributed by atoms with Crippen molar-refractivity contribution in [1.29, 1.82) is 0 Å². The van der Waals surface area contributed by atoms with Crippen LogP contribution in [-0.2, 0) is 0 Å². The van der Waals surface area contributed by atoms with Gasteiger partial charge < -0.3 is 10.3 Å². The second-order valence-electron chi connectivity index (χ2n) is 5.59. The topological polar surface area (TPSA) is 43.8 Å². The van der Waals surface area contributed by atoms with E-state index in [1.54, 1.807) is 0 Å². The monoisotopic (exact) mass is 273 g/mol. The Morgan fingerprint density at radius 2 is 1.79 bits per heavy atom. The highest BCUT2D eigenvalue weighted by Crippen LogP contribution is 2.48. The van der Waals surface area contributed by atoms with Gasteiger partial charge in [-0.05, 0) is 37.8 Å². The molecule has 0 bridgehead atoms. The molecular formula is C15H16ClN3. The van der Waals surface area contributed by atoms with E-state index >= 15 is 0 Å². The van der Waals surface area contributed by atoms with Crippen molar-refractivity contribution in [3.8, 4) is 11.3 Å². The maximum Gasteiger partial charge on any atom is 0.132 e. The van der Waals surface area contributed by atoms with Gasteiger partial charge in [-0.1, -0.05) is 23.7 Å². The van der Waals surface area contributed by atoms with Gasteiger partial charge in [0.05, 0.1) is 0 Å². The van der Waals surface area contributed by atoms with E-state index in [0.29, 0.717) is 12.0 Å². The van der Waals surface area contributed by atoms with Gasteiger partial charge in [0.25, 0.3) is 0 Å². The van der Waals surface area contributed by atoms with E-state index in [4.69, 9.17) is 22.3 Å². The van der Waals surface area contributed by atoms with Gasteiger partial charge in [-0.25, -0.2) is 4.98 Å². The molecule has 2 aromatic rings. The van der Waals surface area contributed by atoms with Gasteiger partial charge in [0.2, 0.25) is 0 Å². The van der Waals surface area contributed by atoms with E-state index in [9.17, 15) is 0 Å². The molecule has 2 aliphatic rings. The lowest BCUT2D eigenvalue weighted by Gasteiger charge is -2.07. The Balaban J connectivity index is 1.83. The molecule has 0 spiro atoms. The highest BCUT2D eigenvalue weighted by Gasteiger charge is 2.36. The summed E-state index contributed by atoms with van der Waals surface area (Å²) in [7, 11) is 0. The third-order valence-corrected chi connectivity index (χ3v) is 4.20. The van der Waals surface area contributed by atoms with Crippen LogP contribution < -0.4 is 5.73 Å². The zero-order valence-corrected chi connectivity index (χ0v) is 11.4. The maximum absolute atomic E-state index is 6.35. The van der Waals surface area contributed by atoms with Crippen LogP contribution in [0.15, 0.2) is 24.3 Å². The van der Waals surface area contributed by atoms with Gasteiger partial charge in [-0.3, -0.25) is 0 Å². The van der Waals surface area contributed by atoms with Gasteiger partial charge >= 0.3 is 0 Å². The number of rotatable bonds is 3. The van der Waals surface area contributed by atoms with Crippen LogP contribution in [0.1, 0.15) is 43.5 Å². The van der Waals surface area contributed by atoms with E-state index in [2.05, 4.69) is 4.57 Å². The Bertz CT molecular complexity index is 622. The van der Waals surface area contributed by atoms with Crippen LogP contribution in [0, 0.1) is 0 Å². The summed E-state index contributed by atoms with van der Waals surface area (Å²) in [5.41, 5.74) is 8.33. The Morgan fingerprint density at radius 3 is 2.37 bits per heavy atom. The van der Waals surface area contributed by atoms with Crippen LogP contribution in [0.5, 0.6) is 0 Å². The fourth-order valence-electron chi connectivity index (χ4n) is 2.63. The molecule has 0 aliphatic heterocycles. The smallest absolute Gasteiger partial charge is 0.132 e. The first-order chi connectivity index (χ1) is 9.24.